The summed E-state index contributed by atoms with van der Waals surface area (Å²) in [6.45, 7) is 13.6. The zero-order valence-corrected chi connectivity index (χ0v) is 9.92. The highest BCUT2D eigenvalue weighted by Gasteiger charge is 2.20. The van der Waals surface area contributed by atoms with E-state index in [9.17, 15) is 0 Å². The lowest BCUT2D eigenvalue weighted by Gasteiger charge is -2.36. The molecule has 3 nitrogen and oxygen atoms in total. The first-order valence-electron chi connectivity index (χ1n) is 5.26. The zero-order valence-electron chi connectivity index (χ0n) is 9.92. The van der Waals surface area contributed by atoms with Crippen LogP contribution >= 0.6 is 0 Å². The van der Waals surface area contributed by atoms with Crippen molar-refractivity contribution in [2.75, 3.05) is 26.2 Å². The maximum absolute atomic E-state index is 5.71. The number of rotatable bonds is 2. The molecule has 0 bridgehead atoms. The predicted octanol–water partition coefficient (Wildman–Crippen LogP) is 1.48. The van der Waals surface area contributed by atoms with Gasteiger partial charge in [-0.2, -0.15) is 0 Å². The summed E-state index contributed by atoms with van der Waals surface area (Å²) < 4.78 is 5.71. The molecule has 1 rings (SSSR count). The minimum absolute atomic E-state index is 0.180. The summed E-state index contributed by atoms with van der Waals surface area (Å²) in [6.07, 6.45) is 5.33. The van der Waals surface area contributed by atoms with Crippen molar-refractivity contribution < 1.29 is 4.74 Å². The lowest BCUT2D eigenvalue weighted by atomic mass is 10.2. The molecule has 84 valence electrons. The van der Waals surface area contributed by atoms with Crippen LogP contribution in [-0.2, 0) is 4.74 Å². The van der Waals surface area contributed by atoms with Gasteiger partial charge in [0.2, 0.25) is 0 Å². The highest BCUT2D eigenvalue weighted by atomic mass is 16.5. The second-order valence-corrected chi connectivity index (χ2v) is 4.71. The van der Waals surface area contributed by atoms with E-state index in [1.54, 1.807) is 0 Å². The molecule has 0 unspecified atom stereocenters. The normalized spacial score (nSPS) is 17.2. The van der Waals surface area contributed by atoms with Crippen LogP contribution in [0.15, 0.2) is 12.5 Å². The molecule has 1 aliphatic rings. The van der Waals surface area contributed by atoms with E-state index in [1.807, 2.05) is 25.7 Å². The van der Waals surface area contributed by atoms with Gasteiger partial charge in [0.15, 0.2) is 5.88 Å². The Balaban J connectivity index is 2.41. The first kappa shape index (κ1) is 11.8. The maximum Gasteiger partial charge on any atom is 0.182 e. The lowest BCUT2D eigenvalue weighted by Crippen LogP contribution is -2.44. The van der Waals surface area contributed by atoms with Gasteiger partial charge in [-0.05, 0) is 27.4 Å². The number of hydrogen-bond acceptors (Lipinski definition) is 3. The van der Waals surface area contributed by atoms with E-state index >= 15 is 0 Å². The topological polar surface area (TPSA) is 15.7 Å². The van der Waals surface area contributed by atoms with Crippen LogP contribution in [0, 0.1) is 12.5 Å². The Morgan fingerprint density at radius 3 is 2.20 bits per heavy atom. The molecule has 0 atom stereocenters. The van der Waals surface area contributed by atoms with Gasteiger partial charge in [0.25, 0.3) is 0 Å². The van der Waals surface area contributed by atoms with Gasteiger partial charge in [0, 0.05) is 32.2 Å². The fourth-order valence-corrected chi connectivity index (χ4v) is 1.50. The highest BCUT2D eigenvalue weighted by molar-refractivity contribution is 4.94. The molecular weight excluding hydrogens is 188 g/mol. The minimum atomic E-state index is -0.180. The summed E-state index contributed by atoms with van der Waals surface area (Å²) in [4.78, 5) is 4.11. The van der Waals surface area contributed by atoms with Crippen LogP contribution in [0.4, 0.5) is 0 Å². The molecule has 0 spiro atoms. The number of ether oxygens (including phenoxy) is 1. The van der Waals surface area contributed by atoms with Crippen molar-refractivity contribution in [1.82, 2.24) is 9.80 Å². The number of terminal acetylenes is 1. The summed E-state index contributed by atoms with van der Waals surface area (Å²) in [5.41, 5.74) is -0.180. The van der Waals surface area contributed by atoms with Gasteiger partial charge in [-0.15, -0.1) is 0 Å². The monoisotopic (exact) mass is 208 g/mol. The smallest absolute Gasteiger partial charge is 0.182 e. The Morgan fingerprint density at radius 2 is 1.80 bits per heavy atom. The lowest BCUT2D eigenvalue weighted by molar-refractivity contribution is -0.00553. The van der Waals surface area contributed by atoms with E-state index in [-0.39, 0.29) is 5.60 Å². The van der Waals surface area contributed by atoms with E-state index in [0.29, 0.717) is 0 Å². The molecular formula is C12H20N2O. The fourth-order valence-electron chi connectivity index (χ4n) is 1.50. The maximum atomic E-state index is 5.71. The van der Waals surface area contributed by atoms with E-state index in [0.717, 1.165) is 32.1 Å². The SMILES string of the molecule is C#CN1CCN(C(=C)OC(C)(C)C)CC1. The van der Waals surface area contributed by atoms with Crippen molar-refractivity contribution in [2.24, 2.45) is 0 Å². The molecule has 0 aromatic heterocycles. The molecule has 0 radical (unpaired) electrons. The average Bonchev–Trinajstić information content (AvgIpc) is 2.15. The molecule has 0 aromatic carbocycles. The first-order valence-corrected chi connectivity index (χ1v) is 5.26. The van der Waals surface area contributed by atoms with Crippen LogP contribution in [0.25, 0.3) is 0 Å². The van der Waals surface area contributed by atoms with Gasteiger partial charge in [-0.1, -0.05) is 6.42 Å². The Labute approximate surface area is 92.7 Å². The predicted molar refractivity (Wildman–Crippen MR) is 62.0 cm³/mol. The van der Waals surface area contributed by atoms with Gasteiger partial charge in [0.05, 0.1) is 0 Å². The van der Waals surface area contributed by atoms with E-state index < -0.39 is 0 Å². The molecule has 0 N–H and O–H groups in total. The van der Waals surface area contributed by atoms with Crippen LogP contribution in [0.5, 0.6) is 0 Å². The van der Waals surface area contributed by atoms with Crippen molar-refractivity contribution in [3.05, 3.63) is 12.5 Å². The molecule has 0 saturated carbocycles. The van der Waals surface area contributed by atoms with Crippen LogP contribution in [0.2, 0.25) is 0 Å². The molecule has 1 saturated heterocycles. The van der Waals surface area contributed by atoms with E-state index in [1.165, 1.54) is 0 Å². The third kappa shape index (κ3) is 3.75. The first-order chi connectivity index (χ1) is 6.92. The summed E-state index contributed by atoms with van der Waals surface area (Å²) in [6, 6.07) is 2.65. The summed E-state index contributed by atoms with van der Waals surface area (Å²) in [5, 5.41) is 0. The van der Waals surface area contributed by atoms with Crippen molar-refractivity contribution >= 4 is 0 Å². The second-order valence-electron chi connectivity index (χ2n) is 4.71. The third-order valence-electron chi connectivity index (χ3n) is 2.24. The molecule has 3 heteroatoms. The molecule has 15 heavy (non-hydrogen) atoms. The molecule has 0 aromatic rings. The molecule has 1 heterocycles. The van der Waals surface area contributed by atoms with Gasteiger partial charge in [0.1, 0.15) is 5.60 Å². The highest BCUT2D eigenvalue weighted by Crippen LogP contribution is 2.16. The van der Waals surface area contributed by atoms with Crippen LogP contribution < -0.4 is 0 Å². The largest absolute Gasteiger partial charge is 0.474 e. The standard InChI is InChI=1S/C12H20N2O/c1-6-13-7-9-14(10-8-13)11(2)15-12(3,4)5/h1H,2,7-10H2,3-5H3. The fraction of sp³-hybridized carbons (Fsp3) is 0.667. The summed E-state index contributed by atoms with van der Waals surface area (Å²) in [7, 11) is 0. The van der Waals surface area contributed by atoms with Crippen molar-refractivity contribution in [3.63, 3.8) is 0 Å². The quantitative estimate of drug-likeness (QED) is 0.505. The van der Waals surface area contributed by atoms with Crippen molar-refractivity contribution in [2.45, 2.75) is 26.4 Å². The Hall–Kier alpha value is -1.30. The van der Waals surface area contributed by atoms with Crippen molar-refractivity contribution in [1.29, 1.82) is 0 Å². The van der Waals surface area contributed by atoms with Crippen molar-refractivity contribution in [3.8, 4) is 12.5 Å². The van der Waals surface area contributed by atoms with Gasteiger partial charge in [-0.25, -0.2) is 0 Å². The zero-order chi connectivity index (χ0) is 11.5. The Bertz CT molecular complexity index is 264. The number of hydrogen-bond donors (Lipinski definition) is 0. The number of nitrogens with zero attached hydrogens (tertiary/aromatic N) is 2. The summed E-state index contributed by atoms with van der Waals surface area (Å²) in [5.74, 6) is 0.749. The molecule has 1 fully saturated rings. The number of piperazine rings is 1. The molecule has 0 aliphatic carbocycles. The van der Waals surface area contributed by atoms with E-state index in [2.05, 4.69) is 17.5 Å². The van der Waals surface area contributed by atoms with Crippen LogP contribution in [0.1, 0.15) is 20.8 Å². The second kappa shape index (κ2) is 4.48. The minimum Gasteiger partial charge on any atom is -0.474 e. The molecule has 1 aliphatic heterocycles. The summed E-state index contributed by atoms with van der Waals surface area (Å²) >= 11 is 0. The molecule has 0 amide bonds. The Morgan fingerprint density at radius 1 is 1.27 bits per heavy atom. The van der Waals surface area contributed by atoms with Gasteiger partial charge < -0.3 is 14.5 Å². The average molecular weight is 208 g/mol. The van der Waals surface area contributed by atoms with Crippen LogP contribution in [0.3, 0.4) is 0 Å². The Kier molecular flexibility index (Phi) is 3.52. The van der Waals surface area contributed by atoms with Gasteiger partial charge >= 0.3 is 0 Å². The third-order valence-corrected chi connectivity index (χ3v) is 2.24. The van der Waals surface area contributed by atoms with Gasteiger partial charge in [-0.3, -0.25) is 0 Å². The van der Waals surface area contributed by atoms with Crippen LogP contribution in [-0.4, -0.2) is 41.6 Å². The van der Waals surface area contributed by atoms with E-state index in [4.69, 9.17) is 11.2 Å².